The van der Waals surface area contributed by atoms with Gasteiger partial charge in [0.15, 0.2) is 0 Å². The third kappa shape index (κ3) is 7.35. The molecule has 2 aromatic rings. The summed E-state index contributed by atoms with van der Waals surface area (Å²) < 4.78 is 0. The van der Waals surface area contributed by atoms with E-state index in [0.29, 0.717) is 30.0 Å². The van der Waals surface area contributed by atoms with Gasteiger partial charge in [0.2, 0.25) is 5.91 Å². The van der Waals surface area contributed by atoms with Crippen LogP contribution in [-0.2, 0) is 11.2 Å². The highest BCUT2D eigenvalue weighted by Gasteiger charge is 2.28. The Hall–Kier alpha value is -2.37. The lowest BCUT2D eigenvalue weighted by atomic mass is 9.74. The molecule has 6 heteroatoms. The monoisotopic (exact) mass is 457 g/mol. The van der Waals surface area contributed by atoms with E-state index in [-0.39, 0.29) is 29.2 Å². The molecular formula is C26H36ClN3O2. The number of nitrogens with one attached hydrogen (secondary N) is 2. The average molecular weight is 458 g/mol. The molecule has 0 saturated carbocycles. The molecule has 0 fully saturated rings. The lowest BCUT2D eigenvalue weighted by molar-refractivity contribution is -0.122. The number of benzene rings is 2. The Morgan fingerprint density at radius 3 is 2.25 bits per heavy atom. The standard InChI is InChI=1S/C26H36ClN3O2/c1-26(2,3)22(19-10-8-7-9-11-19)16-24(31)29-17-20(30(5)6)14-18-12-13-21(23(27)15-18)25(32)28-4/h7-13,15,20,22H,14,16-17H2,1-6H3,(H,28,32)(H,29,31). The minimum absolute atomic E-state index is 0.0249. The Balaban J connectivity index is 2.03. The van der Waals surface area contributed by atoms with Gasteiger partial charge in [-0.15, -0.1) is 0 Å². The fourth-order valence-corrected chi connectivity index (χ4v) is 4.10. The van der Waals surface area contributed by atoms with Crippen molar-refractivity contribution in [2.45, 2.75) is 45.6 Å². The highest BCUT2D eigenvalue weighted by Crippen LogP contribution is 2.37. The second kappa shape index (κ2) is 11.5. The number of amides is 2. The molecule has 2 amide bonds. The van der Waals surface area contributed by atoms with Crippen molar-refractivity contribution in [1.29, 1.82) is 0 Å². The molecule has 0 aromatic heterocycles. The summed E-state index contributed by atoms with van der Waals surface area (Å²) in [5, 5.41) is 6.15. The molecule has 0 radical (unpaired) electrons. The molecule has 0 heterocycles. The third-order valence-corrected chi connectivity index (χ3v) is 6.19. The largest absolute Gasteiger partial charge is 0.355 e. The van der Waals surface area contributed by atoms with Gasteiger partial charge in [-0.25, -0.2) is 0 Å². The molecule has 0 bridgehead atoms. The molecule has 5 nitrogen and oxygen atoms in total. The molecule has 2 atom stereocenters. The Bertz CT molecular complexity index is 907. The molecule has 0 spiro atoms. The second-order valence-corrected chi connectivity index (χ2v) is 9.96. The van der Waals surface area contributed by atoms with Gasteiger partial charge in [0, 0.05) is 26.1 Å². The fourth-order valence-electron chi connectivity index (χ4n) is 3.81. The van der Waals surface area contributed by atoms with Gasteiger partial charge in [0.1, 0.15) is 0 Å². The Kier molecular flexibility index (Phi) is 9.29. The van der Waals surface area contributed by atoms with E-state index in [2.05, 4.69) is 48.4 Å². The molecule has 32 heavy (non-hydrogen) atoms. The van der Waals surface area contributed by atoms with Gasteiger partial charge < -0.3 is 15.5 Å². The molecule has 2 unspecified atom stereocenters. The van der Waals surface area contributed by atoms with E-state index in [1.165, 1.54) is 5.56 Å². The number of rotatable bonds is 9. The number of carbonyl (C=O) groups excluding carboxylic acids is 2. The number of hydrogen-bond acceptors (Lipinski definition) is 3. The number of likely N-dealkylation sites (N-methyl/N-ethyl adjacent to an activating group) is 1. The molecule has 0 saturated heterocycles. The van der Waals surface area contributed by atoms with Gasteiger partial charge in [0.05, 0.1) is 10.6 Å². The highest BCUT2D eigenvalue weighted by molar-refractivity contribution is 6.33. The molecule has 0 aliphatic carbocycles. The van der Waals surface area contributed by atoms with Crippen LogP contribution < -0.4 is 10.6 Å². The van der Waals surface area contributed by atoms with Crippen molar-refractivity contribution in [2.24, 2.45) is 5.41 Å². The van der Waals surface area contributed by atoms with E-state index >= 15 is 0 Å². The number of carbonyl (C=O) groups is 2. The maximum Gasteiger partial charge on any atom is 0.252 e. The van der Waals surface area contributed by atoms with Gasteiger partial charge in [-0.1, -0.05) is 68.8 Å². The predicted molar refractivity (Wildman–Crippen MR) is 132 cm³/mol. The smallest absolute Gasteiger partial charge is 0.252 e. The van der Waals surface area contributed by atoms with E-state index in [1.807, 2.05) is 44.4 Å². The zero-order valence-electron chi connectivity index (χ0n) is 20.0. The van der Waals surface area contributed by atoms with Crippen LogP contribution in [0, 0.1) is 5.41 Å². The van der Waals surface area contributed by atoms with Crippen LogP contribution in [0.3, 0.4) is 0 Å². The van der Waals surface area contributed by atoms with Crippen molar-refractivity contribution in [2.75, 3.05) is 27.7 Å². The number of halogens is 1. The van der Waals surface area contributed by atoms with Gasteiger partial charge in [-0.2, -0.15) is 0 Å². The summed E-state index contributed by atoms with van der Waals surface area (Å²) in [6.45, 7) is 7.05. The van der Waals surface area contributed by atoms with E-state index < -0.39 is 0 Å². The van der Waals surface area contributed by atoms with Gasteiger partial charge in [-0.3, -0.25) is 9.59 Å². The summed E-state index contributed by atoms with van der Waals surface area (Å²) in [5.41, 5.74) is 2.64. The minimum atomic E-state index is -0.204. The Labute approximate surface area is 197 Å². The van der Waals surface area contributed by atoms with E-state index in [0.717, 1.165) is 5.56 Å². The first-order valence-corrected chi connectivity index (χ1v) is 11.4. The normalized spacial score (nSPS) is 13.5. The molecule has 0 aliphatic heterocycles. The first-order valence-electron chi connectivity index (χ1n) is 11.0. The van der Waals surface area contributed by atoms with Crippen molar-refractivity contribution < 1.29 is 9.59 Å². The fraction of sp³-hybridized carbons (Fsp3) is 0.462. The SMILES string of the molecule is CNC(=O)c1ccc(CC(CNC(=O)CC(c2ccccc2)C(C)(C)C)N(C)C)cc1Cl. The Morgan fingerprint density at radius 2 is 1.72 bits per heavy atom. The Morgan fingerprint density at radius 1 is 1.06 bits per heavy atom. The lowest BCUT2D eigenvalue weighted by Crippen LogP contribution is -2.42. The van der Waals surface area contributed by atoms with Crippen LogP contribution in [0.15, 0.2) is 48.5 Å². The van der Waals surface area contributed by atoms with Crippen LogP contribution in [0.4, 0.5) is 0 Å². The van der Waals surface area contributed by atoms with Crippen LogP contribution in [0.25, 0.3) is 0 Å². The van der Waals surface area contributed by atoms with E-state index in [4.69, 9.17) is 11.6 Å². The first-order chi connectivity index (χ1) is 15.0. The van der Waals surface area contributed by atoms with Crippen LogP contribution in [0.1, 0.15) is 54.6 Å². The van der Waals surface area contributed by atoms with Crippen molar-refractivity contribution in [3.05, 3.63) is 70.2 Å². The molecule has 2 aromatic carbocycles. The van der Waals surface area contributed by atoms with Crippen LogP contribution in [0.2, 0.25) is 5.02 Å². The lowest BCUT2D eigenvalue weighted by Gasteiger charge is -2.31. The zero-order chi connectivity index (χ0) is 23.9. The third-order valence-electron chi connectivity index (χ3n) is 5.88. The van der Waals surface area contributed by atoms with E-state index in [1.54, 1.807) is 13.1 Å². The second-order valence-electron chi connectivity index (χ2n) is 9.55. The molecule has 174 valence electrons. The summed E-state index contributed by atoms with van der Waals surface area (Å²) in [6.07, 6.45) is 1.16. The first kappa shape index (κ1) is 25.9. The predicted octanol–water partition coefficient (Wildman–Crippen LogP) is 4.51. The quantitative estimate of drug-likeness (QED) is 0.582. The van der Waals surface area contributed by atoms with Crippen LogP contribution >= 0.6 is 11.6 Å². The average Bonchev–Trinajstić information content (AvgIpc) is 2.74. The molecule has 0 aliphatic rings. The maximum atomic E-state index is 12.9. The molecule has 2 N–H and O–H groups in total. The number of nitrogens with zero attached hydrogens (tertiary/aromatic N) is 1. The summed E-state index contributed by atoms with van der Waals surface area (Å²) in [5.74, 6) is -0.0176. The van der Waals surface area contributed by atoms with Gasteiger partial charge in [-0.05, 0) is 55.1 Å². The summed E-state index contributed by atoms with van der Waals surface area (Å²) in [6, 6.07) is 15.8. The maximum absolute atomic E-state index is 12.9. The molecule has 2 rings (SSSR count). The zero-order valence-corrected chi connectivity index (χ0v) is 20.8. The van der Waals surface area contributed by atoms with Crippen molar-refractivity contribution in [1.82, 2.24) is 15.5 Å². The van der Waals surface area contributed by atoms with Crippen molar-refractivity contribution >= 4 is 23.4 Å². The summed E-state index contributed by atoms with van der Waals surface area (Å²) in [4.78, 5) is 26.8. The van der Waals surface area contributed by atoms with Crippen LogP contribution in [-0.4, -0.2) is 50.4 Å². The summed E-state index contributed by atoms with van der Waals surface area (Å²) in [7, 11) is 5.58. The van der Waals surface area contributed by atoms with E-state index in [9.17, 15) is 9.59 Å². The summed E-state index contributed by atoms with van der Waals surface area (Å²) >= 11 is 6.31. The number of hydrogen-bond donors (Lipinski definition) is 2. The minimum Gasteiger partial charge on any atom is -0.355 e. The topological polar surface area (TPSA) is 61.4 Å². The van der Waals surface area contributed by atoms with Crippen molar-refractivity contribution in [3.8, 4) is 0 Å². The highest BCUT2D eigenvalue weighted by atomic mass is 35.5. The van der Waals surface area contributed by atoms with Gasteiger partial charge >= 0.3 is 0 Å². The van der Waals surface area contributed by atoms with Gasteiger partial charge in [0.25, 0.3) is 5.91 Å². The van der Waals surface area contributed by atoms with Crippen LogP contribution in [0.5, 0.6) is 0 Å². The van der Waals surface area contributed by atoms with Crippen molar-refractivity contribution in [3.63, 3.8) is 0 Å². The molecular weight excluding hydrogens is 422 g/mol.